The van der Waals surface area contributed by atoms with E-state index in [-0.39, 0.29) is 0 Å². The maximum absolute atomic E-state index is 6.11. The molecule has 0 aliphatic heterocycles. The lowest BCUT2D eigenvalue weighted by atomic mass is 10.0. The molecule has 1 aromatic carbocycles. The van der Waals surface area contributed by atoms with Gasteiger partial charge in [-0.25, -0.2) is 0 Å². The van der Waals surface area contributed by atoms with Crippen LogP contribution >= 0.6 is 15.9 Å². The maximum atomic E-state index is 6.11. The van der Waals surface area contributed by atoms with Crippen LogP contribution in [0.4, 0.5) is 0 Å². The van der Waals surface area contributed by atoms with Gasteiger partial charge in [0.15, 0.2) is 0 Å². The van der Waals surface area contributed by atoms with Gasteiger partial charge >= 0.3 is 0 Å². The number of aromatic nitrogens is 2. The molecule has 4 rings (SSSR count). The molecule has 20 heavy (non-hydrogen) atoms. The smallest absolute Gasteiger partial charge is 0.230 e. The zero-order valence-electron chi connectivity index (χ0n) is 11.2. The van der Waals surface area contributed by atoms with Crippen molar-refractivity contribution < 1.29 is 4.52 Å². The second-order valence-electron chi connectivity index (χ2n) is 5.98. The molecule has 4 atom stereocenters. The molecule has 4 nitrogen and oxygen atoms in total. The zero-order valence-corrected chi connectivity index (χ0v) is 12.8. The molecule has 0 amide bonds. The van der Waals surface area contributed by atoms with Crippen molar-refractivity contribution in [2.75, 3.05) is 0 Å². The summed E-state index contributed by atoms with van der Waals surface area (Å²) >= 11 is 3.47. The Balaban J connectivity index is 1.65. The normalized spacial score (nSPS) is 31.4. The molecule has 2 aliphatic rings. The quantitative estimate of drug-likeness (QED) is 0.916. The van der Waals surface area contributed by atoms with Crippen LogP contribution in [-0.2, 0) is 0 Å². The molecule has 2 saturated carbocycles. The van der Waals surface area contributed by atoms with Gasteiger partial charge in [-0.15, -0.1) is 0 Å². The third-order valence-electron chi connectivity index (χ3n) is 4.67. The van der Waals surface area contributed by atoms with E-state index in [0.717, 1.165) is 27.9 Å². The van der Waals surface area contributed by atoms with Crippen molar-refractivity contribution >= 4 is 15.9 Å². The number of aryl methyl sites for hydroxylation is 1. The second-order valence-corrected chi connectivity index (χ2v) is 6.90. The number of benzene rings is 1. The number of hydrogen-bond donors (Lipinski definition) is 1. The van der Waals surface area contributed by atoms with E-state index in [1.54, 1.807) is 0 Å². The summed E-state index contributed by atoms with van der Waals surface area (Å²) in [5.74, 6) is 3.17. The molecule has 2 N–H and O–H groups in total. The second kappa shape index (κ2) is 4.40. The summed E-state index contributed by atoms with van der Waals surface area (Å²) in [4.78, 5) is 4.62. The Morgan fingerprint density at radius 2 is 2.15 bits per heavy atom. The fraction of sp³-hybridized carbons (Fsp3) is 0.467. The summed E-state index contributed by atoms with van der Waals surface area (Å²) in [5.41, 5.74) is 8.28. The van der Waals surface area contributed by atoms with Gasteiger partial charge in [-0.1, -0.05) is 21.1 Å². The average Bonchev–Trinajstić information content (AvgIpc) is 2.93. The number of nitrogens with two attached hydrogens (primary N) is 1. The first-order chi connectivity index (χ1) is 9.63. The van der Waals surface area contributed by atoms with Gasteiger partial charge in [0.2, 0.25) is 11.7 Å². The van der Waals surface area contributed by atoms with Crippen LogP contribution in [0.1, 0.15) is 30.2 Å². The Kier molecular flexibility index (Phi) is 2.76. The van der Waals surface area contributed by atoms with Gasteiger partial charge in [0.1, 0.15) is 0 Å². The highest BCUT2D eigenvalue weighted by Crippen LogP contribution is 2.58. The van der Waals surface area contributed by atoms with Gasteiger partial charge in [-0.05, 0) is 55.4 Å². The van der Waals surface area contributed by atoms with Crippen LogP contribution in [0.3, 0.4) is 0 Å². The van der Waals surface area contributed by atoms with Crippen LogP contribution in [0.15, 0.2) is 27.2 Å². The molecule has 2 aromatic rings. The van der Waals surface area contributed by atoms with E-state index in [1.165, 1.54) is 6.42 Å². The molecule has 1 aromatic heterocycles. The summed E-state index contributed by atoms with van der Waals surface area (Å²) in [6, 6.07) is 6.40. The van der Waals surface area contributed by atoms with Crippen molar-refractivity contribution in [3.8, 4) is 11.4 Å². The Bertz CT molecular complexity index is 669. The SMILES string of the molecule is Cc1cc(Br)ccc1-c1noc([C@@H]2C[C@H](N)[C@H]3C[C@H]32)n1. The third kappa shape index (κ3) is 1.91. The summed E-state index contributed by atoms with van der Waals surface area (Å²) in [5, 5.41) is 4.16. The predicted molar refractivity (Wildman–Crippen MR) is 79.1 cm³/mol. The minimum absolute atomic E-state index is 0.315. The fourth-order valence-corrected chi connectivity index (χ4v) is 3.97. The molecule has 0 saturated heterocycles. The molecular formula is C15H16BrN3O. The topological polar surface area (TPSA) is 64.9 Å². The molecule has 5 heteroatoms. The van der Waals surface area contributed by atoms with E-state index in [4.69, 9.17) is 10.3 Å². The highest BCUT2D eigenvalue weighted by Gasteiger charge is 2.55. The van der Waals surface area contributed by atoms with E-state index in [0.29, 0.717) is 29.6 Å². The van der Waals surface area contributed by atoms with Crippen molar-refractivity contribution in [1.82, 2.24) is 10.1 Å². The number of halogens is 1. The Morgan fingerprint density at radius 1 is 1.30 bits per heavy atom. The third-order valence-corrected chi connectivity index (χ3v) is 5.17. The predicted octanol–water partition coefficient (Wildman–Crippen LogP) is 3.26. The zero-order chi connectivity index (χ0) is 13.9. The largest absolute Gasteiger partial charge is 0.339 e. The van der Waals surface area contributed by atoms with Crippen LogP contribution in [-0.4, -0.2) is 16.2 Å². The summed E-state index contributed by atoms with van der Waals surface area (Å²) < 4.78 is 6.57. The van der Waals surface area contributed by atoms with Crippen molar-refractivity contribution in [3.63, 3.8) is 0 Å². The molecule has 0 radical (unpaired) electrons. The molecular weight excluding hydrogens is 318 g/mol. The van der Waals surface area contributed by atoms with Crippen molar-refractivity contribution in [2.45, 2.75) is 31.7 Å². The van der Waals surface area contributed by atoms with Crippen molar-refractivity contribution in [1.29, 1.82) is 0 Å². The van der Waals surface area contributed by atoms with Crippen LogP contribution in [0, 0.1) is 18.8 Å². The Morgan fingerprint density at radius 3 is 2.80 bits per heavy atom. The molecule has 0 bridgehead atoms. The van der Waals surface area contributed by atoms with Gasteiger partial charge in [-0.2, -0.15) is 4.98 Å². The van der Waals surface area contributed by atoms with E-state index in [2.05, 4.69) is 39.1 Å². The molecule has 0 spiro atoms. The summed E-state index contributed by atoms with van der Waals surface area (Å²) in [6.45, 7) is 2.05. The lowest BCUT2D eigenvalue weighted by Crippen LogP contribution is -2.19. The van der Waals surface area contributed by atoms with Crippen LogP contribution in [0.2, 0.25) is 0 Å². The van der Waals surface area contributed by atoms with E-state index in [9.17, 15) is 0 Å². The van der Waals surface area contributed by atoms with Gasteiger partial charge in [0.25, 0.3) is 0 Å². The first kappa shape index (κ1) is 12.5. The lowest BCUT2D eigenvalue weighted by Gasteiger charge is -2.07. The number of hydrogen-bond acceptors (Lipinski definition) is 4. The van der Waals surface area contributed by atoms with Gasteiger partial charge in [0.05, 0.1) is 0 Å². The Hall–Kier alpha value is -1.20. The van der Waals surface area contributed by atoms with Crippen LogP contribution < -0.4 is 5.73 Å². The number of nitrogens with zero attached hydrogens (tertiary/aromatic N) is 2. The fourth-order valence-electron chi connectivity index (χ4n) is 3.49. The number of rotatable bonds is 2. The van der Waals surface area contributed by atoms with E-state index < -0.39 is 0 Å². The molecule has 104 valence electrons. The van der Waals surface area contributed by atoms with Crippen LogP contribution in [0.5, 0.6) is 0 Å². The minimum atomic E-state index is 0.315. The standard InChI is InChI=1S/C15H16BrN3O/c1-7-4-8(16)2-3-9(7)14-18-15(20-19-14)12-6-13(17)11-5-10(11)12/h2-4,10-13H,5-6,17H2,1H3/t10-,11+,12-,13+/m1/s1. The highest BCUT2D eigenvalue weighted by atomic mass is 79.9. The Labute approximate surface area is 125 Å². The van der Waals surface area contributed by atoms with Gasteiger partial charge in [-0.3, -0.25) is 0 Å². The van der Waals surface area contributed by atoms with Gasteiger partial charge in [0, 0.05) is 22.0 Å². The summed E-state index contributed by atoms with van der Waals surface area (Å²) in [6.07, 6.45) is 2.21. The van der Waals surface area contributed by atoms with Crippen LogP contribution in [0.25, 0.3) is 11.4 Å². The first-order valence-corrected chi connectivity index (χ1v) is 7.78. The lowest BCUT2D eigenvalue weighted by molar-refractivity contribution is 0.341. The first-order valence-electron chi connectivity index (χ1n) is 6.99. The average molecular weight is 334 g/mol. The van der Waals surface area contributed by atoms with E-state index in [1.807, 2.05) is 12.1 Å². The van der Waals surface area contributed by atoms with Gasteiger partial charge < -0.3 is 10.3 Å². The minimum Gasteiger partial charge on any atom is -0.339 e. The molecule has 1 heterocycles. The summed E-state index contributed by atoms with van der Waals surface area (Å²) in [7, 11) is 0. The molecule has 2 fully saturated rings. The highest BCUT2D eigenvalue weighted by molar-refractivity contribution is 9.10. The van der Waals surface area contributed by atoms with E-state index >= 15 is 0 Å². The maximum Gasteiger partial charge on any atom is 0.230 e. The number of fused-ring (bicyclic) bond motifs is 1. The molecule has 0 unspecified atom stereocenters. The monoisotopic (exact) mass is 333 g/mol. The molecule has 2 aliphatic carbocycles. The van der Waals surface area contributed by atoms with Crippen molar-refractivity contribution in [2.24, 2.45) is 17.6 Å². The van der Waals surface area contributed by atoms with Crippen molar-refractivity contribution in [3.05, 3.63) is 34.1 Å².